The summed E-state index contributed by atoms with van der Waals surface area (Å²) in [4.78, 5) is 35.2. The topological polar surface area (TPSA) is 129 Å². The van der Waals surface area contributed by atoms with Crippen LogP contribution in [0.2, 0.25) is 0 Å². The van der Waals surface area contributed by atoms with Crippen molar-refractivity contribution in [2.24, 2.45) is 5.10 Å². The number of fused-ring (bicyclic) bond motifs is 1. The number of carbonyl (C=O) groups excluding carboxylic acids is 2. The number of benzene rings is 3. The molecule has 1 heterocycles. The van der Waals surface area contributed by atoms with Crippen LogP contribution < -0.4 is 19.6 Å². The summed E-state index contributed by atoms with van der Waals surface area (Å²) in [5.41, 5.74) is 2.81. The van der Waals surface area contributed by atoms with Crippen LogP contribution in [-0.2, 0) is 0 Å². The zero-order valence-corrected chi connectivity index (χ0v) is 16.4. The third-order valence-electron chi connectivity index (χ3n) is 4.42. The normalized spacial score (nSPS) is 11.9. The van der Waals surface area contributed by atoms with Gasteiger partial charge in [-0.25, -0.2) is 10.2 Å². The molecule has 0 saturated carbocycles. The van der Waals surface area contributed by atoms with Gasteiger partial charge in [0.1, 0.15) is 5.75 Å². The molecule has 0 spiro atoms. The van der Waals surface area contributed by atoms with Crippen LogP contribution in [0.1, 0.15) is 26.3 Å². The fraction of sp³-hybridized carbons (Fsp3) is 0.0455. The molecule has 0 saturated heterocycles. The number of nitrogens with zero attached hydrogens (tertiary/aromatic N) is 2. The Hall–Kier alpha value is -4.73. The number of ether oxygens (including phenoxy) is 3. The van der Waals surface area contributed by atoms with Gasteiger partial charge < -0.3 is 14.2 Å². The van der Waals surface area contributed by atoms with Gasteiger partial charge in [0.15, 0.2) is 11.5 Å². The molecule has 1 aliphatic heterocycles. The molecule has 3 aromatic carbocycles. The van der Waals surface area contributed by atoms with Gasteiger partial charge in [-0.05, 0) is 36.4 Å². The predicted molar refractivity (Wildman–Crippen MR) is 112 cm³/mol. The Morgan fingerprint density at radius 3 is 2.56 bits per heavy atom. The number of hydrazone groups is 1. The number of carbonyl (C=O) groups is 2. The lowest BCUT2D eigenvalue weighted by atomic mass is 10.2. The van der Waals surface area contributed by atoms with Gasteiger partial charge in [0.25, 0.3) is 11.6 Å². The number of nitro benzene ring substituents is 1. The van der Waals surface area contributed by atoms with E-state index in [1.54, 1.807) is 36.4 Å². The van der Waals surface area contributed by atoms with Crippen molar-refractivity contribution >= 4 is 23.8 Å². The smallest absolute Gasteiger partial charge is 0.343 e. The number of hydrogen-bond acceptors (Lipinski definition) is 8. The van der Waals surface area contributed by atoms with Gasteiger partial charge in [0, 0.05) is 23.3 Å². The second-order valence-corrected chi connectivity index (χ2v) is 6.50. The van der Waals surface area contributed by atoms with Crippen molar-refractivity contribution < 1.29 is 28.7 Å². The molecular weight excluding hydrogens is 418 g/mol. The van der Waals surface area contributed by atoms with Crippen LogP contribution in [0.3, 0.4) is 0 Å². The second kappa shape index (κ2) is 8.96. The minimum atomic E-state index is -0.708. The van der Waals surface area contributed by atoms with E-state index in [0.29, 0.717) is 17.1 Å². The van der Waals surface area contributed by atoms with Gasteiger partial charge in [-0.2, -0.15) is 5.10 Å². The van der Waals surface area contributed by atoms with E-state index in [9.17, 15) is 19.7 Å². The Balaban J connectivity index is 1.54. The molecule has 4 rings (SSSR count). The van der Waals surface area contributed by atoms with Crippen molar-refractivity contribution in [2.75, 3.05) is 6.79 Å². The molecule has 0 aromatic heterocycles. The zero-order chi connectivity index (χ0) is 22.5. The number of esters is 1. The van der Waals surface area contributed by atoms with Gasteiger partial charge >= 0.3 is 5.97 Å². The molecule has 10 nitrogen and oxygen atoms in total. The quantitative estimate of drug-likeness (QED) is 0.208. The maximum atomic E-state index is 12.6. The summed E-state index contributed by atoms with van der Waals surface area (Å²) in [6.45, 7) is 0.0610. The fourth-order valence-electron chi connectivity index (χ4n) is 2.84. The summed E-state index contributed by atoms with van der Waals surface area (Å²) in [7, 11) is 0. The fourth-order valence-corrected chi connectivity index (χ4v) is 2.84. The van der Waals surface area contributed by atoms with E-state index in [0.717, 1.165) is 6.21 Å². The van der Waals surface area contributed by atoms with Crippen LogP contribution in [0.5, 0.6) is 17.2 Å². The summed E-state index contributed by atoms with van der Waals surface area (Å²) >= 11 is 0. The summed E-state index contributed by atoms with van der Waals surface area (Å²) in [5.74, 6) is -0.227. The van der Waals surface area contributed by atoms with Crippen LogP contribution in [0, 0.1) is 10.1 Å². The molecule has 0 unspecified atom stereocenters. The summed E-state index contributed by atoms with van der Waals surface area (Å²) in [5, 5.41) is 15.0. The molecule has 1 aliphatic rings. The van der Waals surface area contributed by atoms with Crippen LogP contribution in [0.25, 0.3) is 0 Å². The predicted octanol–water partition coefficient (Wildman–Crippen LogP) is 3.31. The molecule has 160 valence electrons. The Labute approximate surface area is 181 Å². The highest BCUT2D eigenvalue weighted by Crippen LogP contribution is 2.33. The molecule has 1 N–H and O–H groups in total. The summed E-state index contributed by atoms with van der Waals surface area (Å²) in [6, 6.07) is 16.6. The van der Waals surface area contributed by atoms with Crippen molar-refractivity contribution in [3.8, 4) is 17.2 Å². The maximum Gasteiger partial charge on any atom is 0.343 e. The van der Waals surface area contributed by atoms with Crippen LogP contribution in [-0.4, -0.2) is 29.8 Å². The number of nitrogens with one attached hydrogen (secondary N) is 1. The minimum absolute atomic E-state index is 0.0241. The third kappa shape index (κ3) is 4.54. The number of rotatable bonds is 6. The standard InChI is InChI=1S/C22H15N3O7/c26-21(14-4-2-1-3-5-14)24-23-12-16-10-17(25(28)29)7-9-18(16)32-22(27)15-6-8-19-20(11-15)31-13-30-19/h1-12H,13H2,(H,24,26)/b23-12+. The molecule has 10 heteroatoms. The van der Waals surface area contributed by atoms with E-state index in [1.165, 1.54) is 30.3 Å². The maximum absolute atomic E-state index is 12.6. The highest BCUT2D eigenvalue weighted by Gasteiger charge is 2.19. The van der Waals surface area contributed by atoms with E-state index in [-0.39, 0.29) is 29.4 Å². The lowest BCUT2D eigenvalue weighted by Crippen LogP contribution is -2.17. The number of amides is 1. The van der Waals surface area contributed by atoms with E-state index in [4.69, 9.17) is 14.2 Å². The number of nitro groups is 1. The molecule has 1 amide bonds. The van der Waals surface area contributed by atoms with Gasteiger partial charge in [0.05, 0.1) is 16.7 Å². The highest BCUT2D eigenvalue weighted by atomic mass is 16.7. The van der Waals surface area contributed by atoms with Gasteiger partial charge in [-0.1, -0.05) is 18.2 Å². The summed E-state index contributed by atoms with van der Waals surface area (Å²) < 4.78 is 15.9. The summed E-state index contributed by atoms with van der Waals surface area (Å²) in [6.07, 6.45) is 1.16. The first-order valence-corrected chi connectivity index (χ1v) is 9.30. The Morgan fingerprint density at radius 1 is 1.00 bits per heavy atom. The highest BCUT2D eigenvalue weighted by molar-refractivity contribution is 5.96. The van der Waals surface area contributed by atoms with Gasteiger partial charge in [-0.15, -0.1) is 0 Å². The Bertz CT molecular complexity index is 1230. The lowest BCUT2D eigenvalue weighted by Gasteiger charge is -2.08. The van der Waals surface area contributed by atoms with Crippen LogP contribution in [0.15, 0.2) is 71.8 Å². The largest absolute Gasteiger partial charge is 0.454 e. The van der Waals surface area contributed by atoms with Crippen molar-refractivity contribution in [3.63, 3.8) is 0 Å². The monoisotopic (exact) mass is 433 g/mol. The SMILES string of the molecule is O=C(N/N=C/c1cc([N+](=O)[O-])ccc1OC(=O)c1ccc2c(c1)OCO2)c1ccccc1. The first kappa shape index (κ1) is 20.5. The third-order valence-corrected chi connectivity index (χ3v) is 4.42. The lowest BCUT2D eigenvalue weighted by molar-refractivity contribution is -0.384. The number of hydrogen-bond donors (Lipinski definition) is 1. The van der Waals surface area contributed by atoms with Crippen LogP contribution in [0.4, 0.5) is 5.69 Å². The molecule has 0 fully saturated rings. The van der Waals surface area contributed by atoms with E-state index >= 15 is 0 Å². The first-order valence-electron chi connectivity index (χ1n) is 9.30. The van der Waals surface area contributed by atoms with Crippen LogP contribution >= 0.6 is 0 Å². The van der Waals surface area contributed by atoms with Crippen molar-refractivity contribution in [3.05, 3.63) is 93.5 Å². The molecule has 0 atom stereocenters. The number of non-ortho nitro benzene ring substituents is 1. The van der Waals surface area contributed by atoms with Crippen molar-refractivity contribution in [1.29, 1.82) is 0 Å². The van der Waals surface area contributed by atoms with E-state index in [2.05, 4.69) is 10.5 Å². The van der Waals surface area contributed by atoms with E-state index in [1.807, 2.05) is 0 Å². The molecular formula is C22H15N3O7. The minimum Gasteiger partial charge on any atom is -0.454 e. The molecule has 32 heavy (non-hydrogen) atoms. The second-order valence-electron chi connectivity index (χ2n) is 6.50. The van der Waals surface area contributed by atoms with Crippen molar-refractivity contribution in [2.45, 2.75) is 0 Å². The van der Waals surface area contributed by atoms with E-state index < -0.39 is 16.8 Å². The van der Waals surface area contributed by atoms with Crippen molar-refractivity contribution in [1.82, 2.24) is 5.43 Å². The first-order chi connectivity index (χ1) is 15.5. The molecule has 0 aliphatic carbocycles. The van der Waals surface area contributed by atoms with Gasteiger partial charge in [0.2, 0.25) is 6.79 Å². The average molecular weight is 433 g/mol. The molecule has 0 bridgehead atoms. The Kier molecular flexibility index (Phi) is 5.75. The molecule has 0 radical (unpaired) electrons. The zero-order valence-electron chi connectivity index (χ0n) is 16.4. The Morgan fingerprint density at radius 2 is 1.78 bits per heavy atom. The van der Waals surface area contributed by atoms with Gasteiger partial charge in [-0.3, -0.25) is 14.9 Å². The average Bonchev–Trinajstić information content (AvgIpc) is 3.28. The molecule has 3 aromatic rings.